The van der Waals surface area contributed by atoms with E-state index in [0.29, 0.717) is 12.2 Å². The summed E-state index contributed by atoms with van der Waals surface area (Å²) in [5.41, 5.74) is 0.820. The quantitative estimate of drug-likeness (QED) is 0.882. The third-order valence-electron chi connectivity index (χ3n) is 4.63. The molecule has 1 aromatic rings. The molecule has 1 amide bonds. The first-order chi connectivity index (χ1) is 11.3. The second kappa shape index (κ2) is 6.31. The molecule has 0 saturated carbocycles. The van der Waals surface area contributed by atoms with Crippen molar-refractivity contribution in [2.24, 2.45) is 11.8 Å². The van der Waals surface area contributed by atoms with Gasteiger partial charge >= 0.3 is 12.1 Å². The first-order valence-corrected chi connectivity index (χ1v) is 8.57. The molecule has 24 heavy (non-hydrogen) atoms. The summed E-state index contributed by atoms with van der Waals surface area (Å²) >= 11 is 1.62. The summed E-state index contributed by atoms with van der Waals surface area (Å²) in [4.78, 5) is 26.0. The number of carbonyl (C=O) groups is 2. The summed E-state index contributed by atoms with van der Waals surface area (Å²) in [5.74, 6) is -5.29. The maximum Gasteiger partial charge on any atom is 0.394 e. The van der Waals surface area contributed by atoms with Gasteiger partial charge in [-0.15, -0.1) is 11.8 Å². The van der Waals surface area contributed by atoms with Crippen molar-refractivity contribution >= 4 is 23.6 Å². The Morgan fingerprint density at radius 3 is 2.54 bits per heavy atom. The van der Waals surface area contributed by atoms with Crippen LogP contribution >= 0.6 is 11.8 Å². The normalized spacial score (nSPS) is 27.0. The van der Waals surface area contributed by atoms with Gasteiger partial charge in [0, 0.05) is 18.0 Å². The molecule has 0 spiro atoms. The van der Waals surface area contributed by atoms with Crippen LogP contribution < -0.4 is 0 Å². The second-order valence-electron chi connectivity index (χ2n) is 6.06. The molecule has 0 aromatic heterocycles. The monoisotopic (exact) mass is 359 g/mol. The number of aliphatic carboxylic acids is 1. The van der Waals surface area contributed by atoms with Crippen LogP contribution in [0.15, 0.2) is 29.2 Å². The lowest BCUT2D eigenvalue weighted by Gasteiger charge is -2.28. The van der Waals surface area contributed by atoms with E-state index >= 15 is 0 Å². The molecule has 2 aliphatic heterocycles. The van der Waals surface area contributed by atoms with E-state index < -0.39 is 42.4 Å². The SMILES string of the molecule is O=C(O)[C@@H]1CN(C(=O)C2CCSc3ccccc32)C[C@H]1C(F)(F)F. The Hall–Kier alpha value is -1.70. The number of carboxylic acids is 1. The molecule has 1 aromatic carbocycles. The van der Waals surface area contributed by atoms with Crippen LogP contribution in [0, 0.1) is 11.8 Å². The van der Waals surface area contributed by atoms with Gasteiger partial charge in [0.2, 0.25) is 5.91 Å². The zero-order chi connectivity index (χ0) is 17.5. The van der Waals surface area contributed by atoms with Gasteiger partial charge in [0.1, 0.15) is 0 Å². The molecule has 0 aliphatic carbocycles. The summed E-state index contributed by atoms with van der Waals surface area (Å²) < 4.78 is 39.3. The minimum absolute atomic E-state index is 0.385. The molecule has 130 valence electrons. The van der Waals surface area contributed by atoms with Crippen molar-refractivity contribution in [2.45, 2.75) is 23.4 Å². The van der Waals surface area contributed by atoms with Crippen LogP contribution in [0.25, 0.3) is 0 Å². The van der Waals surface area contributed by atoms with Crippen LogP contribution in [0.5, 0.6) is 0 Å². The minimum Gasteiger partial charge on any atom is -0.481 e. The molecule has 4 nitrogen and oxygen atoms in total. The molecule has 2 aliphatic rings. The summed E-state index contributed by atoms with van der Waals surface area (Å²) in [6, 6.07) is 7.36. The van der Waals surface area contributed by atoms with E-state index in [1.807, 2.05) is 18.2 Å². The van der Waals surface area contributed by atoms with Crippen LogP contribution in [-0.4, -0.2) is 46.9 Å². The molecule has 1 saturated heterocycles. The zero-order valence-corrected chi connectivity index (χ0v) is 13.4. The average Bonchev–Trinajstić information content (AvgIpc) is 2.99. The fraction of sp³-hybridized carbons (Fsp3) is 0.500. The van der Waals surface area contributed by atoms with E-state index in [1.54, 1.807) is 17.8 Å². The van der Waals surface area contributed by atoms with E-state index in [0.717, 1.165) is 15.4 Å². The van der Waals surface area contributed by atoms with Gasteiger partial charge in [-0.05, 0) is 23.8 Å². The van der Waals surface area contributed by atoms with Gasteiger partial charge in [-0.25, -0.2) is 0 Å². The number of amides is 1. The number of thioether (sulfide) groups is 1. The van der Waals surface area contributed by atoms with Crippen molar-refractivity contribution in [3.63, 3.8) is 0 Å². The third kappa shape index (κ3) is 3.11. The maximum absolute atomic E-state index is 13.1. The van der Waals surface area contributed by atoms with Gasteiger partial charge in [-0.2, -0.15) is 13.2 Å². The van der Waals surface area contributed by atoms with Crippen molar-refractivity contribution in [1.29, 1.82) is 0 Å². The fourth-order valence-corrected chi connectivity index (χ4v) is 4.51. The minimum atomic E-state index is -4.63. The predicted octanol–water partition coefficient (Wildman–Crippen LogP) is 2.99. The predicted molar refractivity (Wildman–Crippen MR) is 81.8 cm³/mol. The number of halogens is 3. The molecule has 8 heteroatoms. The third-order valence-corrected chi connectivity index (χ3v) is 5.75. The molecule has 3 rings (SSSR count). The number of fused-ring (bicyclic) bond motifs is 1. The number of hydrogen-bond donors (Lipinski definition) is 1. The lowest BCUT2D eigenvalue weighted by molar-refractivity contribution is -0.188. The molecule has 1 fully saturated rings. The molecule has 1 N–H and O–H groups in total. The Morgan fingerprint density at radius 1 is 1.21 bits per heavy atom. The van der Waals surface area contributed by atoms with Gasteiger partial charge in [-0.1, -0.05) is 18.2 Å². The van der Waals surface area contributed by atoms with Crippen LogP contribution in [0.1, 0.15) is 17.9 Å². The highest BCUT2D eigenvalue weighted by Crippen LogP contribution is 2.42. The number of nitrogens with zero attached hydrogens (tertiary/aromatic N) is 1. The number of hydrogen-bond acceptors (Lipinski definition) is 3. The highest BCUT2D eigenvalue weighted by atomic mass is 32.2. The molecule has 2 heterocycles. The van der Waals surface area contributed by atoms with Gasteiger partial charge in [0.05, 0.1) is 17.8 Å². The number of carbonyl (C=O) groups excluding carboxylic acids is 1. The van der Waals surface area contributed by atoms with Crippen LogP contribution in [-0.2, 0) is 9.59 Å². The first-order valence-electron chi connectivity index (χ1n) is 7.59. The molecular formula is C16H16F3NO3S. The molecular weight excluding hydrogens is 343 g/mol. The van der Waals surface area contributed by atoms with Crippen LogP contribution in [0.4, 0.5) is 13.2 Å². The Kier molecular flexibility index (Phi) is 4.50. The van der Waals surface area contributed by atoms with E-state index in [9.17, 15) is 22.8 Å². The second-order valence-corrected chi connectivity index (χ2v) is 7.20. The van der Waals surface area contributed by atoms with Crippen molar-refractivity contribution in [3.8, 4) is 0 Å². The molecule has 0 radical (unpaired) electrons. The van der Waals surface area contributed by atoms with Crippen molar-refractivity contribution in [2.75, 3.05) is 18.8 Å². The number of alkyl halides is 3. The summed E-state index contributed by atoms with van der Waals surface area (Å²) in [5, 5.41) is 9.07. The van der Waals surface area contributed by atoms with Gasteiger partial charge in [0.15, 0.2) is 0 Å². The number of benzene rings is 1. The largest absolute Gasteiger partial charge is 0.481 e. The average molecular weight is 359 g/mol. The van der Waals surface area contributed by atoms with Crippen LogP contribution in [0.3, 0.4) is 0 Å². The molecule has 3 atom stereocenters. The smallest absolute Gasteiger partial charge is 0.394 e. The van der Waals surface area contributed by atoms with Gasteiger partial charge in [-0.3, -0.25) is 9.59 Å². The highest BCUT2D eigenvalue weighted by molar-refractivity contribution is 7.99. The molecule has 0 bridgehead atoms. The Balaban J connectivity index is 1.83. The first kappa shape index (κ1) is 17.1. The van der Waals surface area contributed by atoms with E-state index in [1.165, 1.54) is 0 Å². The van der Waals surface area contributed by atoms with E-state index in [4.69, 9.17) is 5.11 Å². The lowest BCUT2D eigenvalue weighted by Crippen LogP contribution is -2.36. The number of likely N-dealkylation sites (tertiary alicyclic amines) is 1. The van der Waals surface area contributed by atoms with E-state index in [2.05, 4.69) is 0 Å². The number of carboxylic acid groups (broad SMARTS) is 1. The van der Waals surface area contributed by atoms with Crippen LogP contribution in [0.2, 0.25) is 0 Å². The Labute approximate surface area is 141 Å². The molecule has 1 unspecified atom stereocenters. The summed E-state index contributed by atoms with van der Waals surface area (Å²) in [6.07, 6.45) is -4.08. The maximum atomic E-state index is 13.1. The fourth-order valence-electron chi connectivity index (χ4n) is 3.38. The van der Waals surface area contributed by atoms with E-state index in [-0.39, 0.29) is 6.54 Å². The van der Waals surface area contributed by atoms with Crippen molar-refractivity contribution < 1.29 is 27.9 Å². The zero-order valence-electron chi connectivity index (χ0n) is 12.6. The standard InChI is InChI=1S/C16H16F3NO3S/c17-16(18,19)12-8-20(7-11(12)15(22)23)14(21)10-5-6-24-13-4-2-1-3-9(10)13/h1-4,10-12H,5-8H2,(H,22,23)/t10?,11-,12-/m1/s1. The summed E-state index contributed by atoms with van der Waals surface area (Å²) in [7, 11) is 0. The Bertz CT molecular complexity index is 664. The Morgan fingerprint density at radius 2 is 1.92 bits per heavy atom. The lowest BCUT2D eigenvalue weighted by atomic mass is 9.94. The highest BCUT2D eigenvalue weighted by Gasteiger charge is 2.54. The van der Waals surface area contributed by atoms with Gasteiger partial charge in [0.25, 0.3) is 0 Å². The van der Waals surface area contributed by atoms with Crippen molar-refractivity contribution in [3.05, 3.63) is 29.8 Å². The van der Waals surface area contributed by atoms with Gasteiger partial charge < -0.3 is 10.0 Å². The summed E-state index contributed by atoms with van der Waals surface area (Å²) in [6.45, 7) is -0.963. The topological polar surface area (TPSA) is 57.6 Å². The van der Waals surface area contributed by atoms with Crippen molar-refractivity contribution in [1.82, 2.24) is 4.90 Å². The number of rotatable bonds is 2.